The Bertz CT molecular complexity index is 494. The van der Waals surface area contributed by atoms with Gasteiger partial charge in [0.1, 0.15) is 0 Å². The van der Waals surface area contributed by atoms with Crippen LogP contribution in [0.5, 0.6) is 0 Å². The number of aromatic nitrogens is 2. The monoisotopic (exact) mass is 269 g/mol. The maximum Gasteiger partial charge on any atom is 0.317 e. The summed E-state index contributed by atoms with van der Waals surface area (Å²) in [4.78, 5) is 17.9. The first kappa shape index (κ1) is 13.0. The molecular weight excluding hydrogens is 254 g/mol. The lowest BCUT2D eigenvalue weighted by Crippen LogP contribution is -2.32. The van der Waals surface area contributed by atoms with Gasteiger partial charge < -0.3 is 9.84 Å². The van der Waals surface area contributed by atoms with Crippen molar-refractivity contribution in [1.29, 1.82) is 0 Å². The van der Waals surface area contributed by atoms with Crippen LogP contribution in [0.2, 0.25) is 0 Å². The van der Waals surface area contributed by atoms with Crippen LogP contribution >= 0.6 is 11.3 Å². The quantitative estimate of drug-likeness (QED) is 0.810. The molecule has 0 aromatic carbocycles. The highest BCUT2D eigenvalue weighted by Crippen LogP contribution is 2.12. The third kappa shape index (κ3) is 3.28. The summed E-state index contributed by atoms with van der Waals surface area (Å²) in [7, 11) is 1.60. The molecule has 0 radical (unpaired) electrons. The summed E-state index contributed by atoms with van der Waals surface area (Å²) in [6, 6.07) is 0. The van der Waals surface area contributed by atoms with Crippen molar-refractivity contribution in [2.45, 2.75) is 6.54 Å². The molecule has 2 rings (SSSR count). The summed E-state index contributed by atoms with van der Waals surface area (Å²) in [5, 5.41) is 10.8. The first-order valence-electron chi connectivity index (χ1n) is 5.53. The lowest BCUT2D eigenvalue weighted by atomic mass is 10.4. The fourth-order valence-corrected chi connectivity index (χ4v) is 2.43. The molecule has 98 valence electrons. The summed E-state index contributed by atoms with van der Waals surface area (Å²) in [6.45, 7) is 1.60. The summed E-state index contributed by atoms with van der Waals surface area (Å²) >= 11 is 1.56. The second kappa shape index (κ2) is 5.94. The number of methoxy groups -OCH3 is 1. The Kier molecular flexibility index (Phi) is 4.29. The van der Waals surface area contributed by atoms with E-state index in [2.05, 4.69) is 4.98 Å². The Morgan fingerprint density at radius 1 is 1.67 bits per heavy atom. The van der Waals surface area contributed by atoms with E-state index in [4.69, 9.17) is 9.84 Å². The molecule has 2 heterocycles. The summed E-state index contributed by atoms with van der Waals surface area (Å²) in [5.41, 5.74) is 0.874. The number of fused-ring (bicyclic) bond motifs is 1. The number of hydrogen-bond acceptors (Lipinski definition) is 5. The smallest absolute Gasteiger partial charge is 0.317 e. The molecule has 2 aromatic heterocycles. The number of thiazole rings is 1. The second-order valence-electron chi connectivity index (χ2n) is 3.92. The van der Waals surface area contributed by atoms with E-state index in [1.807, 2.05) is 22.2 Å². The van der Waals surface area contributed by atoms with E-state index in [1.165, 1.54) is 0 Å². The predicted octanol–water partition coefficient (Wildman–Crippen LogP) is 0.929. The molecule has 0 aliphatic heterocycles. The molecule has 7 heteroatoms. The average molecular weight is 269 g/mol. The van der Waals surface area contributed by atoms with Gasteiger partial charge in [0.05, 0.1) is 18.8 Å². The molecule has 0 saturated carbocycles. The van der Waals surface area contributed by atoms with E-state index in [0.717, 1.165) is 10.7 Å². The summed E-state index contributed by atoms with van der Waals surface area (Å²) in [5.74, 6) is -0.841. The molecule has 6 nitrogen and oxygen atoms in total. The third-order valence-electron chi connectivity index (χ3n) is 2.50. The molecule has 0 amide bonds. The van der Waals surface area contributed by atoms with Crippen LogP contribution in [0.4, 0.5) is 0 Å². The third-order valence-corrected chi connectivity index (χ3v) is 3.27. The SMILES string of the molecule is COCCN(CC(=O)O)Cc1cn2ccsc2n1. The highest BCUT2D eigenvalue weighted by atomic mass is 32.1. The van der Waals surface area contributed by atoms with Crippen LogP contribution in [-0.2, 0) is 16.1 Å². The molecule has 0 unspecified atom stereocenters. The van der Waals surface area contributed by atoms with Gasteiger partial charge in [-0.2, -0.15) is 0 Å². The van der Waals surface area contributed by atoms with Crippen molar-refractivity contribution in [1.82, 2.24) is 14.3 Å². The summed E-state index contributed by atoms with van der Waals surface area (Å²) < 4.78 is 6.92. The number of aliphatic carboxylic acids is 1. The van der Waals surface area contributed by atoms with Crippen molar-refractivity contribution in [2.75, 3.05) is 26.8 Å². The average Bonchev–Trinajstić information content (AvgIpc) is 2.85. The van der Waals surface area contributed by atoms with E-state index in [0.29, 0.717) is 19.7 Å². The number of hydrogen-bond donors (Lipinski definition) is 1. The highest BCUT2D eigenvalue weighted by molar-refractivity contribution is 7.15. The van der Waals surface area contributed by atoms with Gasteiger partial charge in [-0.3, -0.25) is 14.1 Å². The summed E-state index contributed by atoms with van der Waals surface area (Å²) in [6.07, 6.45) is 3.86. The highest BCUT2D eigenvalue weighted by Gasteiger charge is 2.12. The van der Waals surface area contributed by atoms with Crippen molar-refractivity contribution < 1.29 is 14.6 Å². The van der Waals surface area contributed by atoms with E-state index in [9.17, 15) is 4.79 Å². The van der Waals surface area contributed by atoms with Gasteiger partial charge in [0.25, 0.3) is 0 Å². The van der Waals surface area contributed by atoms with Crippen LogP contribution in [0.15, 0.2) is 17.8 Å². The number of nitrogens with zero attached hydrogens (tertiary/aromatic N) is 3. The first-order valence-corrected chi connectivity index (χ1v) is 6.41. The van der Waals surface area contributed by atoms with Gasteiger partial charge in [0.15, 0.2) is 4.96 Å². The Hall–Kier alpha value is -1.44. The van der Waals surface area contributed by atoms with Gasteiger partial charge in [-0.05, 0) is 0 Å². The van der Waals surface area contributed by atoms with Crippen molar-refractivity contribution in [3.63, 3.8) is 0 Å². The number of imidazole rings is 1. The molecule has 0 spiro atoms. The molecule has 0 aliphatic rings. The maximum atomic E-state index is 10.8. The lowest BCUT2D eigenvalue weighted by molar-refractivity contribution is -0.138. The number of rotatable bonds is 7. The Labute approximate surface area is 108 Å². The predicted molar refractivity (Wildman–Crippen MR) is 67.9 cm³/mol. The van der Waals surface area contributed by atoms with Crippen molar-refractivity contribution in [3.05, 3.63) is 23.5 Å². The Morgan fingerprint density at radius 2 is 2.50 bits per heavy atom. The van der Waals surface area contributed by atoms with Crippen LogP contribution in [-0.4, -0.2) is 52.2 Å². The lowest BCUT2D eigenvalue weighted by Gasteiger charge is -2.18. The topological polar surface area (TPSA) is 67.1 Å². The second-order valence-corrected chi connectivity index (χ2v) is 4.80. The Morgan fingerprint density at radius 3 is 3.17 bits per heavy atom. The molecule has 1 N–H and O–H groups in total. The maximum absolute atomic E-state index is 10.8. The van der Waals surface area contributed by atoms with E-state index >= 15 is 0 Å². The molecule has 0 bridgehead atoms. The van der Waals surface area contributed by atoms with Gasteiger partial charge >= 0.3 is 5.97 Å². The minimum Gasteiger partial charge on any atom is -0.480 e. The standard InChI is InChI=1S/C11H15N3O3S/c1-17-4-2-13(8-10(15)16)6-9-7-14-3-5-18-11(14)12-9/h3,5,7H,2,4,6,8H2,1H3,(H,15,16). The van der Waals surface area contributed by atoms with Crippen molar-refractivity contribution in [3.8, 4) is 0 Å². The van der Waals surface area contributed by atoms with Gasteiger partial charge in [-0.15, -0.1) is 11.3 Å². The number of carboxylic acid groups (broad SMARTS) is 1. The van der Waals surface area contributed by atoms with E-state index in [1.54, 1.807) is 23.3 Å². The fourth-order valence-electron chi connectivity index (χ4n) is 1.71. The van der Waals surface area contributed by atoms with Gasteiger partial charge in [-0.1, -0.05) is 0 Å². The van der Waals surface area contributed by atoms with Crippen LogP contribution in [0.1, 0.15) is 5.69 Å². The largest absolute Gasteiger partial charge is 0.480 e. The molecule has 0 fully saturated rings. The molecule has 0 atom stereocenters. The van der Waals surface area contributed by atoms with Gasteiger partial charge in [0, 0.05) is 38.0 Å². The van der Waals surface area contributed by atoms with Crippen LogP contribution in [0, 0.1) is 0 Å². The van der Waals surface area contributed by atoms with Crippen LogP contribution < -0.4 is 0 Å². The van der Waals surface area contributed by atoms with Crippen LogP contribution in [0.3, 0.4) is 0 Å². The van der Waals surface area contributed by atoms with Crippen molar-refractivity contribution in [2.24, 2.45) is 0 Å². The Balaban J connectivity index is 2.02. The molecular formula is C11H15N3O3S. The van der Waals surface area contributed by atoms with Gasteiger partial charge in [-0.25, -0.2) is 4.98 Å². The fraction of sp³-hybridized carbons (Fsp3) is 0.455. The molecule has 0 saturated heterocycles. The number of ether oxygens (including phenoxy) is 1. The zero-order valence-corrected chi connectivity index (χ0v) is 10.9. The molecule has 2 aromatic rings. The minimum atomic E-state index is -0.841. The van der Waals surface area contributed by atoms with Crippen molar-refractivity contribution >= 4 is 22.3 Å². The minimum absolute atomic E-state index is 0.00542. The van der Waals surface area contributed by atoms with Crippen LogP contribution in [0.25, 0.3) is 4.96 Å². The normalized spacial score (nSPS) is 11.4. The van der Waals surface area contributed by atoms with E-state index < -0.39 is 5.97 Å². The molecule has 0 aliphatic carbocycles. The van der Waals surface area contributed by atoms with Gasteiger partial charge in [0.2, 0.25) is 0 Å². The zero-order chi connectivity index (χ0) is 13.0. The number of carboxylic acids is 1. The zero-order valence-electron chi connectivity index (χ0n) is 10.1. The number of carbonyl (C=O) groups is 1. The first-order chi connectivity index (χ1) is 8.69. The van der Waals surface area contributed by atoms with E-state index in [-0.39, 0.29) is 6.54 Å². The molecule has 18 heavy (non-hydrogen) atoms.